The van der Waals surface area contributed by atoms with E-state index in [4.69, 9.17) is 4.74 Å². The second kappa shape index (κ2) is 5.43. The van der Waals surface area contributed by atoms with Crippen LogP contribution in [0.1, 0.15) is 46.5 Å². The Kier molecular flexibility index (Phi) is 4.47. The van der Waals surface area contributed by atoms with Gasteiger partial charge in [-0.1, -0.05) is 0 Å². The molecule has 0 bridgehead atoms. The van der Waals surface area contributed by atoms with Gasteiger partial charge in [-0.3, -0.25) is 9.59 Å². The summed E-state index contributed by atoms with van der Waals surface area (Å²) < 4.78 is 4.93. The fourth-order valence-corrected chi connectivity index (χ4v) is 2.02. The van der Waals surface area contributed by atoms with Crippen LogP contribution in [0.4, 0.5) is 0 Å². The lowest BCUT2D eigenvalue weighted by atomic mass is 10.1. The van der Waals surface area contributed by atoms with E-state index in [1.54, 1.807) is 6.92 Å². The molecule has 1 atom stereocenters. The van der Waals surface area contributed by atoms with Crippen LogP contribution >= 0.6 is 0 Å². The Bertz CT molecular complexity index is 271. The Morgan fingerprint density at radius 3 is 2.50 bits per heavy atom. The molecule has 4 nitrogen and oxygen atoms in total. The van der Waals surface area contributed by atoms with Crippen LogP contribution in [-0.4, -0.2) is 29.9 Å². The third kappa shape index (κ3) is 4.31. The van der Waals surface area contributed by atoms with Gasteiger partial charge in [0.1, 0.15) is 5.78 Å². The average Bonchev–Trinajstić information content (AvgIpc) is 2.82. The van der Waals surface area contributed by atoms with Crippen molar-refractivity contribution in [2.75, 3.05) is 6.61 Å². The summed E-state index contributed by atoms with van der Waals surface area (Å²) in [5, 5.41) is 3.37. The van der Waals surface area contributed by atoms with Crippen LogP contribution in [0.15, 0.2) is 0 Å². The van der Waals surface area contributed by atoms with Gasteiger partial charge in [0.2, 0.25) is 0 Å². The lowest BCUT2D eigenvalue weighted by Gasteiger charge is -2.21. The van der Waals surface area contributed by atoms with Gasteiger partial charge in [0.15, 0.2) is 0 Å². The van der Waals surface area contributed by atoms with Gasteiger partial charge in [-0.15, -0.1) is 0 Å². The Morgan fingerprint density at radius 1 is 1.44 bits per heavy atom. The zero-order valence-corrected chi connectivity index (χ0v) is 10.3. The van der Waals surface area contributed by atoms with Crippen molar-refractivity contribution in [2.24, 2.45) is 0 Å². The highest BCUT2D eigenvalue weighted by Gasteiger charge is 2.45. The van der Waals surface area contributed by atoms with Crippen molar-refractivity contribution in [3.63, 3.8) is 0 Å². The second-order valence-corrected chi connectivity index (χ2v) is 4.71. The van der Waals surface area contributed by atoms with Gasteiger partial charge >= 0.3 is 5.97 Å². The van der Waals surface area contributed by atoms with Gasteiger partial charge in [-0.25, -0.2) is 0 Å². The Hall–Kier alpha value is -0.900. The van der Waals surface area contributed by atoms with Crippen LogP contribution in [0.2, 0.25) is 0 Å². The predicted molar refractivity (Wildman–Crippen MR) is 61.1 cm³/mol. The zero-order chi connectivity index (χ0) is 12.2. The minimum absolute atomic E-state index is 0.0961. The van der Waals surface area contributed by atoms with Gasteiger partial charge in [0, 0.05) is 18.0 Å². The van der Waals surface area contributed by atoms with E-state index >= 15 is 0 Å². The first kappa shape index (κ1) is 13.2. The number of Topliss-reactive ketones (excluding diaryl/α,β-unsaturated/α-hetero) is 1. The molecule has 0 aromatic carbocycles. The van der Waals surface area contributed by atoms with Gasteiger partial charge in [-0.2, -0.15) is 0 Å². The molecule has 1 N–H and O–H groups in total. The third-order valence-corrected chi connectivity index (χ3v) is 2.79. The molecule has 0 radical (unpaired) electrons. The summed E-state index contributed by atoms with van der Waals surface area (Å²) in [7, 11) is 0. The maximum absolute atomic E-state index is 11.4. The molecule has 0 aromatic heterocycles. The van der Waals surface area contributed by atoms with Crippen molar-refractivity contribution in [2.45, 2.75) is 58.0 Å². The first-order valence-electron chi connectivity index (χ1n) is 5.90. The fourth-order valence-electron chi connectivity index (χ4n) is 2.02. The Balaban J connectivity index is 2.34. The smallest absolute Gasteiger partial charge is 0.307 e. The van der Waals surface area contributed by atoms with Crippen molar-refractivity contribution in [3.8, 4) is 0 Å². The fraction of sp³-hybridized carbons (Fsp3) is 0.833. The molecule has 1 aliphatic rings. The molecule has 16 heavy (non-hydrogen) atoms. The maximum Gasteiger partial charge on any atom is 0.307 e. The number of rotatable bonds is 7. The molecule has 0 aliphatic heterocycles. The van der Waals surface area contributed by atoms with E-state index in [0.717, 1.165) is 12.8 Å². The summed E-state index contributed by atoms with van der Waals surface area (Å²) in [5.41, 5.74) is -0.0961. The number of carbonyl (C=O) groups excluding carboxylic acids is 2. The van der Waals surface area contributed by atoms with Crippen molar-refractivity contribution in [1.82, 2.24) is 5.32 Å². The molecule has 1 saturated carbocycles. The minimum Gasteiger partial charge on any atom is -0.466 e. The van der Waals surface area contributed by atoms with Crippen LogP contribution in [0.25, 0.3) is 0 Å². The second-order valence-electron chi connectivity index (χ2n) is 4.71. The minimum atomic E-state index is -0.150. The summed E-state index contributed by atoms with van der Waals surface area (Å²) in [6.45, 7) is 5.80. The molecule has 4 heteroatoms. The molecule has 1 rings (SSSR count). The molecule has 0 unspecified atom stereocenters. The summed E-state index contributed by atoms with van der Waals surface area (Å²) >= 11 is 0. The molecule has 1 fully saturated rings. The molecule has 0 heterocycles. The molecular weight excluding hydrogens is 206 g/mol. The normalized spacial score (nSPS) is 18.9. The summed E-state index contributed by atoms with van der Waals surface area (Å²) in [6.07, 6.45) is 2.93. The zero-order valence-electron chi connectivity index (χ0n) is 10.3. The van der Waals surface area contributed by atoms with Crippen LogP contribution in [-0.2, 0) is 14.3 Å². The summed E-state index contributed by atoms with van der Waals surface area (Å²) in [5.74, 6) is 0.0226. The van der Waals surface area contributed by atoms with Crippen LogP contribution < -0.4 is 5.32 Å². The van der Waals surface area contributed by atoms with Gasteiger partial charge in [0.05, 0.1) is 13.0 Å². The number of hydrogen-bond donors (Lipinski definition) is 1. The summed E-state index contributed by atoms with van der Waals surface area (Å²) in [6, 6.07) is 0.134. The van der Waals surface area contributed by atoms with Crippen molar-refractivity contribution in [3.05, 3.63) is 0 Å². The average molecular weight is 227 g/mol. The van der Waals surface area contributed by atoms with Gasteiger partial charge in [-0.05, 0) is 33.6 Å². The molecule has 0 aromatic rings. The first-order chi connectivity index (χ1) is 7.47. The largest absolute Gasteiger partial charge is 0.466 e. The van der Waals surface area contributed by atoms with E-state index in [-0.39, 0.29) is 23.3 Å². The number of carbonyl (C=O) groups is 2. The number of ether oxygens (including phenoxy) is 1. The van der Waals surface area contributed by atoms with Crippen LogP contribution in [0.3, 0.4) is 0 Å². The highest BCUT2D eigenvalue weighted by molar-refractivity contribution is 5.76. The van der Waals surface area contributed by atoms with E-state index < -0.39 is 0 Å². The van der Waals surface area contributed by atoms with Gasteiger partial charge < -0.3 is 10.1 Å². The lowest BCUT2D eigenvalue weighted by Crippen LogP contribution is -2.41. The lowest BCUT2D eigenvalue weighted by molar-refractivity contribution is -0.144. The van der Waals surface area contributed by atoms with E-state index in [0.29, 0.717) is 19.4 Å². The van der Waals surface area contributed by atoms with E-state index in [1.165, 1.54) is 0 Å². The van der Waals surface area contributed by atoms with Gasteiger partial charge in [0.25, 0.3) is 0 Å². The topological polar surface area (TPSA) is 55.4 Å². The van der Waals surface area contributed by atoms with Crippen molar-refractivity contribution in [1.29, 1.82) is 0 Å². The predicted octanol–water partition coefficient (Wildman–Crippen LogP) is 1.43. The molecule has 0 spiro atoms. The number of ketones is 1. The van der Waals surface area contributed by atoms with Crippen LogP contribution in [0, 0.1) is 0 Å². The highest BCUT2D eigenvalue weighted by Crippen LogP contribution is 2.39. The van der Waals surface area contributed by atoms with Crippen LogP contribution in [0.5, 0.6) is 0 Å². The summed E-state index contributed by atoms with van der Waals surface area (Å²) in [4.78, 5) is 22.3. The molecule has 92 valence electrons. The first-order valence-corrected chi connectivity index (χ1v) is 5.90. The third-order valence-electron chi connectivity index (χ3n) is 2.79. The Labute approximate surface area is 96.7 Å². The van der Waals surface area contributed by atoms with Crippen molar-refractivity contribution >= 4 is 11.8 Å². The van der Waals surface area contributed by atoms with E-state index in [2.05, 4.69) is 5.32 Å². The monoisotopic (exact) mass is 227 g/mol. The number of hydrogen-bond acceptors (Lipinski definition) is 4. The van der Waals surface area contributed by atoms with E-state index in [9.17, 15) is 9.59 Å². The van der Waals surface area contributed by atoms with Crippen molar-refractivity contribution < 1.29 is 14.3 Å². The SMILES string of the molecule is CCOC(=O)CC1(N[C@@H](C)CC(C)=O)CC1. The number of esters is 1. The molecular formula is C12H21NO3. The number of nitrogens with one attached hydrogen (secondary N) is 1. The molecule has 0 saturated heterocycles. The van der Waals surface area contributed by atoms with E-state index in [1.807, 2.05) is 13.8 Å². The Morgan fingerprint density at radius 2 is 2.06 bits per heavy atom. The quantitative estimate of drug-likeness (QED) is 0.668. The standard InChI is InChI=1S/C12H21NO3/c1-4-16-11(15)8-12(5-6-12)13-9(2)7-10(3)14/h9,13H,4-8H2,1-3H3/t9-/m0/s1. The highest BCUT2D eigenvalue weighted by atomic mass is 16.5. The molecule has 1 aliphatic carbocycles. The molecule has 0 amide bonds. The maximum atomic E-state index is 11.4.